The van der Waals surface area contributed by atoms with Crippen LogP contribution in [0, 0.1) is 0 Å². The van der Waals surface area contributed by atoms with Gasteiger partial charge in [0.05, 0.1) is 0 Å². The van der Waals surface area contributed by atoms with Crippen LogP contribution < -0.4 is 4.74 Å². The maximum Gasteiger partial charge on any atom is 0.135 e. The largest absolute Gasteiger partial charge is 0.489 e. The molecule has 0 unspecified atom stereocenters. The van der Waals surface area contributed by atoms with Gasteiger partial charge in [0.15, 0.2) is 0 Å². The van der Waals surface area contributed by atoms with Crippen LogP contribution in [0.15, 0.2) is 72.9 Å². The van der Waals surface area contributed by atoms with Crippen molar-refractivity contribution in [1.82, 2.24) is 4.98 Å². The summed E-state index contributed by atoms with van der Waals surface area (Å²) in [7, 11) is 0. The Bertz CT molecular complexity index is 711. The second-order valence-electron chi connectivity index (χ2n) is 4.63. The summed E-state index contributed by atoms with van der Waals surface area (Å²) in [4.78, 5) is 4.03. The van der Waals surface area contributed by atoms with Crippen molar-refractivity contribution in [2.24, 2.45) is 0 Å². The molecule has 0 atom stereocenters. The lowest BCUT2D eigenvalue weighted by Gasteiger charge is -2.08. The van der Waals surface area contributed by atoms with Crippen molar-refractivity contribution < 1.29 is 4.74 Å². The Labute approximate surface area is 129 Å². The summed E-state index contributed by atoms with van der Waals surface area (Å²) < 4.78 is 5.74. The van der Waals surface area contributed by atoms with E-state index in [1.165, 1.54) is 11.1 Å². The van der Waals surface area contributed by atoms with Crippen molar-refractivity contribution in [3.8, 4) is 16.9 Å². The van der Waals surface area contributed by atoms with Gasteiger partial charge in [-0.3, -0.25) is 0 Å². The second-order valence-corrected chi connectivity index (χ2v) is 4.99. The monoisotopic (exact) mass is 295 g/mol. The number of pyridine rings is 1. The van der Waals surface area contributed by atoms with Crippen molar-refractivity contribution in [1.29, 1.82) is 0 Å². The highest BCUT2D eigenvalue weighted by Gasteiger charge is 2.02. The van der Waals surface area contributed by atoms with E-state index in [0.717, 1.165) is 11.3 Å². The Kier molecular flexibility index (Phi) is 4.17. The molecule has 0 aliphatic heterocycles. The molecule has 0 saturated heterocycles. The topological polar surface area (TPSA) is 22.1 Å². The number of halogens is 1. The van der Waals surface area contributed by atoms with E-state index in [1.807, 2.05) is 42.5 Å². The molecule has 0 spiro atoms. The molecule has 104 valence electrons. The lowest BCUT2D eigenvalue weighted by molar-refractivity contribution is 0.306. The predicted octanol–water partition coefficient (Wildman–Crippen LogP) is 4.98. The first-order valence-electron chi connectivity index (χ1n) is 6.70. The van der Waals surface area contributed by atoms with Gasteiger partial charge in [0.1, 0.15) is 17.5 Å². The van der Waals surface area contributed by atoms with Crippen LogP contribution in [-0.4, -0.2) is 4.98 Å². The van der Waals surface area contributed by atoms with Crippen molar-refractivity contribution >= 4 is 11.6 Å². The summed E-state index contributed by atoms with van der Waals surface area (Å²) in [6.45, 7) is 0.414. The zero-order valence-electron chi connectivity index (χ0n) is 11.4. The molecule has 0 aliphatic rings. The molecule has 0 amide bonds. The van der Waals surface area contributed by atoms with Gasteiger partial charge in [-0.25, -0.2) is 4.98 Å². The summed E-state index contributed by atoms with van der Waals surface area (Å²) >= 11 is 6.00. The number of ether oxygens (including phenoxy) is 1. The average molecular weight is 296 g/mol. The van der Waals surface area contributed by atoms with Crippen LogP contribution in [0.5, 0.6) is 5.75 Å². The fraction of sp³-hybridized carbons (Fsp3) is 0.0556. The quantitative estimate of drug-likeness (QED) is 0.633. The van der Waals surface area contributed by atoms with E-state index in [9.17, 15) is 0 Å². The number of aromatic nitrogens is 1. The lowest BCUT2D eigenvalue weighted by Crippen LogP contribution is -1.97. The molecule has 0 radical (unpaired) electrons. The maximum atomic E-state index is 6.00. The van der Waals surface area contributed by atoms with E-state index < -0.39 is 0 Å². The molecule has 1 aromatic heterocycles. The van der Waals surface area contributed by atoms with E-state index in [0.29, 0.717) is 11.8 Å². The SMILES string of the molecule is Clc1ncccc1COc1ccc(-c2ccccc2)cc1. The molecular formula is C18H14ClNO. The van der Waals surface area contributed by atoms with Gasteiger partial charge in [-0.15, -0.1) is 0 Å². The number of nitrogens with zero attached hydrogens (tertiary/aromatic N) is 1. The van der Waals surface area contributed by atoms with Crippen LogP contribution in [0.3, 0.4) is 0 Å². The zero-order valence-corrected chi connectivity index (χ0v) is 12.1. The molecule has 2 nitrogen and oxygen atoms in total. The first kappa shape index (κ1) is 13.7. The molecular weight excluding hydrogens is 282 g/mol. The zero-order chi connectivity index (χ0) is 14.5. The normalized spacial score (nSPS) is 10.3. The Morgan fingerprint density at radius 3 is 2.24 bits per heavy atom. The highest BCUT2D eigenvalue weighted by Crippen LogP contribution is 2.23. The molecule has 0 aliphatic carbocycles. The van der Waals surface area contributed by atoms with Crippen LogP contribution >= 0.6 is 11.6 Å². The van der Waals surface area contributed by atoms with Gasteiger partial charge in [-0.05, 0) is 29.3 Å². The Morgan fingerprint density at radius 1 is 0.810 bits per heavy atom. The smallest absolute Gasteiger partial charge is 0.135 e. The molecule has 0 N–H and O–H groups in total. The number of benzene rings is 2. The van der Waals surface area contributed by atoms with E-state index >= 15 is 0 Å². The molecule has 3 heteroatoms. The van der Waals surface area contributed by atoms with E-state index in [4.69, 9.17) is 16.3 Å². The van der Waals surface area contributed by atoms with Crippen LogP contribution in [-0.2, 0) is 6.61 Å². The summed E-state index contributed by atoms with van der Waals surface area (Å²) in [5.74, 6) is 0.814. The molecule has 0 saturated carbocycles. The van der Waals surface area contributed by atoms with Gasteiger partial charge in [0.2, 0.25) is 0 Å². The van der Waals surface area contributed by atoms with E-state index in [1.54, 1.807) is 6.20 Å². The average Bonchev–Trinajstić information content (AvgIpc) is 2.55. The number of hydrogen-bond donors (Lipinski definition) is 0. The van der Waals surface area contributed by atoms with Gasteiger partial charge in [0.25, 0.3) is 0 Å². The third-order valence-corrected chi connectivity index (χ3v) is 3.53. The minimum atomic E-state index is 0.414. The molecule has 21 heavy (non-hydrogen) atoms. The first-order chi connectivity index (χ1) is 10.3. The molecule has 1 heterocycles. The minimum absolute atomic E-state index is 0.414. The lowest BCUT2D eigenvalue weighted by atomic mass is 10.1. The van der Waals surface area contributed by atoms with Gasteiger partial charge in [-0.1, -0.05) is 60.1 Å². The van der Waals surface area contributed by atoms with E-state index in [2.05, 4.69) is 29.2 Å². The Morgan fingerprint density at radius 2 is 1.52 bits per heavy atom. The molecule has 2 aromatic carbocycles. The van der Waals surface area contributed by atoms with Crippen molar-refractivity contribution in [2.45, 2.75) is 6.61 Å². The third-order valence-electron chi connectivity index (χ3n) is 3.19. The van der Waals surface area contributed by atoms with Crippen LogP contribution in [0.25, 0.3) is 11.1 Å². The Hall–Kier alpha value is -2.32. The summed E-state index contributed by atoms with van der Waals surface area (Å²) in [5.41, 5.74) is 3.24. The summed E-state index contributed by atoms with van der Waals surface area (Å²) in [6, 6.07) is 22.0. The highest BCUT2D eigenvalue weighted by molar-refractivity contribution is 6.30. The standard InChI is InChI=1S/C18H14ClNO/c19-18-16(7-4-12-20-18)13-21-17-10-8-15(9-11-17)14-5-2-1-3-6-14/h1-12H,13H2. The summed E-state index contributed by atoms with van der Waals surface area (Å²) in [6.07, 6.45) is 1.67. The highest BCUT2D eigenvalue weighted by atomic mass is 35.5. The molecule has 0 bridgehead atoms. The van der Waals surface area contributed by atoms with Gasteiger partial charge in [-0.2, -0.15) is 0 Å². The predicted molar refractivity (Wildman–Crippen MR) is 85.5 cm³/mol. The van der Waals surface area contributed by atoms with Crippen LogP contribution in [0.1, 0.15) is 5.56 Å². The van der Waals surface area contributed by atoms with Gasteiger partial charge >= 0.3 is 0 Å². The second kappa shape index (κ2) is 6.42. The van der Waals surface area contributed by atoms with E-state index in [-0.39, 0.29) is 0 Å². The Balaban J connectivity index is 1.69. The van der Waals surface area contributed by atoms with Crippen LogP contribution in [0.2, 0.25) is 5.15 Å². The minimum Gasteiger partial charge on any atom is -0.489 e. The van der Waals surface area contributed by atoms with Gasteiger partial charge < -0.3 is 4.74 Å². The van der Waals surface area contributed by atoms with Crippen molar-refractivity contribution in [3.05, 3.63) is 83.6 Å². The third kappa shape index (κ3) is 3.41. The molecule has 3 rings (SSSR count). The first-order valence-corrected chi connectivity index (χ1v) is 7.08. The number of rotatable bonds is 4. The molecule has 3 aromatic rings. The van der Waals surface area contributed by atoms with Crippen LogP contribution in [0.4, 0.5) is 0 Å². The summed E-state index contributed by atoms with van der Waals surface area (Å²) in [5, 5.41) is 0.485. The fourth-order valence-corrected chi connectivity index (χ4v) is 2.24. The number of hydrogen-bond acceptors (Lipinski definition) is 2. The van der Waals surface area contributed by atoms with Crippen molar-refractivity contribution in [3.63, 3.8) is 0 Å². The fourth-order valence-electron chi connectivity index (χ4n) is 2.06. The van der Waals surface area contributed by atoms with Crippen molar-refractivity contribution in [2.75, 3.05) is 0 Å². The van der Waals surface area contributed by atoms with Gasteiger partial charge in [0, 0.05) is 11.8 Å². The maximum absolute atomic E-state index is 6.00. The molecule has 0 fully saturated rings.